The summed E-state index contributed by atoms with van der Waals surface area (Å²) >= 11 is 5.93. The van der Waals surface area contributed by atoms with Crippen molar-refractivity contribution in [2.24, 2.45) is 0 Å². The minimum atomic E-state index is -0.492. The second-order valence-electron chi connectivity index (χ2n) is 5.39. The molecule has 0 aromatic heterocycles. The molecule has 0 amide bonds. The lowest BCUT2D eigenvalue weighted by molar-refractivity contribution is -0.154. The Balaban J connectivity index is 2.70. The van der Waals surface area contributed by atoms with Crippen molar-refractivity contribution in [3.8, 4) is 0 Å². The Morgan fingerprint density at radius 1 is 1.25 bits per heavy atom. The van der Waals surface area contributed by atoms with E-state index >= 15 is 0 Å². The predicted molar refractivity (Wildman–Crippen MR) is 77.0 cm³/mol. The van der Waals surface area contributed by atoms with Crippen LogP contribution in [0.4, 0.5) is 0 Å². The van der Waals surface area contributed by atoms with E-state index in [9.17, 15) is 9.59 Å². The van der Waals surface area contributed by atoms with Gasteiger partial charge in [-0.3, -0.25) is 4.79 Å². The highest BCUT2D eigenvalue weighted by Gasteiger charge is 2.17. The second-order valence-corrected chi connectivity index (χ2v) is 5.80. The highest BCUT2D eigenvalue weighted by atomic mass is 35.5. The van der Waals surface area contributed by atoms with Crippen LogP contribution in [0.15, 0.2) is 18.2 Å². The van der Waals surface area contributed by atoms with Gasteiger partial charge in [-0.05, 0) is 44.9 Å². The van der Waals surface area contributed by atoms with E-state index < -0.39 is 11.6 Å². The molecule has 1 rings (SSSR count). The van der Waals surface area contributed by atoms with E-state index in [1.165, 1.54) is 7.11 Å². The number of hydrogen-bond acceptors (Lipinski definition) is 4. The lowest BCUT2D eigenvalue weighted by Crippen LogP contribution is -2.24. The van der Waals surface area contributed by atoms with Gasteiger partial charge in [0.1, 0.15) is 5.60 Å². The van der Waals surface area contributed by atoms with Gasteiger partial charge < -0.3 is 9.47 Å². The second kappa shape index (κ2) is 6.75. The first kappa shape index (κ1) is 16.5. The molecule has 0 bridgehead atoms. The molecule has 20 heavy (non-hydrogen) atoms. The van der Waals surface area contributed by atoms with Crippen LogP contribution in [-0.2, 0) is 20.7 Å². The van der Waals surface area contributed by atoms with Crippen LogP contribution >= 0.6 is 11.6 Å². The molecular weight excluding hydrogens is 280 g/mol. The maximum Gasteiger partial charge on any atom is 0.339 e. The Morgan fingerprint density at radius 2 is 1.90 bits per heavy atom. The van der Waals surface area contributed by atoms with Crippen molar-refractivity contribution in [2.75, 3.05) is 7.11 Å². The minimum absolute atomic E-state index is 0.250. The molecule has 5 heteroatoms. The van der Waals surface area contributed by atoms with Crippen LogP contribution in [0.2, 0.25) is 5.02 Å². The maximum absolute atomic E-state index is 11.6. The van der Waals surface area contributed by atoms with Gasteiger partial charge in [-0.2, -0.15) is 0 Å². The summed E-state index contributed by atoms with van der Waals surface area (Å²) in [6.07, 6.45) is 0.732. The number of halogens is 1. The summed E-state index contributed by atoms with van der Waals surface area (Å²) in [7, 11) is 1.30. The summed E-state index contributed by atoms with van der Waals surface area (Å²) < 4.78 is 9.87. The van der Waals surface area contributed by atoms with Crippen LogP contribution < -0.4 is 0 Å². The maximum atomic E-state index is 11.6. The number of aryl methyl sites for hydroxylation is 1. The molecule has 0 atom stereocenters. The quantitative estimate of drug-likeness (QED) is 0.799. The minimum Gasteiger partial charge on any atom is -0.465 e. The summed E-state index contributed by atoms with van der Waals surface area (Å²) in [5.74, 6) is -0.763. The molecule has 0 aliphatic heterocycles. The molecule has 0 aliphatic rings. The number of methoxy groups -OCH3 is 1. The molecule has 0 unspecified atom stereocenters. The van der Waals surface area contributed by atoms with Crippen LogP contribution in [0.1, 0.15) is 43.1 Å². The van der Waals surface area contributed by atoms with Gasteiger partial charge in [-0.1, -0.05) is 17.7 Å². The third-order valence-electron chi connectivity index (χ3n) is 2.47. The summed E-state index contributed by atoms with van der Waals surface area (Å²) in [5.41, 5.74) is 0.644. The molecule has 0 fully saturated rings. The van der Waals surface area contributed by atoms with Crippen molar-refractivity contribution in [3.05, 3.63) is 34.3 Å². The summed E-state index contributed by atoms with van der Waals surface area (Å²) in [4.78, 5) is 23.1. The monoisotopic (exact) mass is 298 g/mol. The molecule has 0 heterocycles. The molecular formula is C15H19ClO4. The van der Waals surface area contributed by atoms with Crippen molar-refractivity contribution in [2.45, 2.75) is 39.2 Å². The molecule has 0 saturated heterocycles. The van der Waals surface area contributed by atoms with Crippen LogP contribution in [-0.4, -0.2) is 24.6 Å². The molecule has 0 N–H and O–H groups in total. The van der Waals surface area contributed by atoms with E-state index in [2.05, 4.69) is 4.74 Å². The predicted octanol–water partition coefficient (Wildman–Crippen LogP) is 3.40. The van der Waals surface area contributed by atoms with Gasteiger partial charge >= 0.3 is 11.9 Å². The number of ether oxygens (including phenoxy) is 2. The van der Waals surface area contributed by atoms with Crippen LogP contribution in [0.25, 0.3) is 0 Å². The number of esters is 2. The van der Waals surface area contributed by atoms with Gasteiger partial charge in [-0.15, -0.1) is 0 Å². The average Bonchev–Trinajstić information content (AvgIpc) is 2.35. The molecule has 0 aliphatic carbocycles. The lowest BCUT2D eigenvalue weighted by Gasteiger charge is -2.19. The van der Waals surface area contributed by atoms with E-state index in [4.69, 9.17) is 16.3 Å². The Hall–Kier alpha value is -1.55. The first-order valence-electron chi connectivity index (χ1n) is 6.31. The van der Waals surface area contributed by atoms with E-state index in [1.54, 1.807) is 18.2 Å². The third-order valence-corrected chi connectivity index (χ3v) is 2.80. The zero-order valence-electron chi connectivity index (χ0n) is 12.2. The molecule has 110 valence electrons. The van der Waals surface area contributed by atoms with E-state index in [0.29, 0.717) is 17.0 Å². The Morgan fingerprint density at radius 3 is 2.45 bits per heavy atom. The SMILES string of the molecule is COC(=O)c1cc(CCC(=O)OC(C)(C)C)ccc1Cl. The first-order valence-corrected chi connectivity index (χ1v) is 6.69. The molecule has 1 aromatic carbocycles. The fourth-order valence-corrected chi connectivity index (χ4v) is 1.83. The number of benzene rings is 1. The van der Waals surface area contributed by atoms with Gasteiger partial charge in [0.05, 0.1) is 17.7 Å². The smallest absolute Gasteiger partial charge is 0.339 e. The molecule has 0 saturated carbocycles. The lowest BCUT2D eigenvalue weighted by atomic mass is 10.1. The van der Waals surface area contributed by atoms with Crippen LogP contribution in [0, 0.1) is 0 Å². The Kier molecular flexibility index (Phi) is 5.57. The van der Waals surface area contributed by atoms with Crippen molar-refractivity contribution in [3.63, 3.8) is 0 Å². The molecule has 0 radical (unpaired) electrons. The first-order chi connectivity index (χ1) is 9.23. The van der Waals surface area contributed by atoms with Gasteiger partial charge in [0.2, 0.25) is 0 Å². The van der Waals surface area contributed by atoms with Crippen LogP contribution in [0.3, 0.4) is 0 Å². The summed E-state index contributed by atoms with van der Waals surface area (Å²) in [6.45, 7) is 5.47. The highest BCUT2D eigenvalue weighted by Crippen LogP contribution is 2.20. The normalized spacial score (nSPS) is 11.1. The largest absolute Gasteiger partial charge is 0.465 e. The van der Waals surface area contributed by atoms with Gasteiger partial charge in [0.25, 0.3) is 0 Å². The number of carbonyl (C=O) groups is 2. The van der Waals surface area contributed by atoms with E-state index in [-0.39, 0.29) is 12.4 Å². The number of hydrogen-bond donors (Lipinski definition) is 0. The topological polar surface area (TPSA) is 52.6 Å². The van der Waals surface area contributed by atoms with Crippen molar-refractivity contribution >= 4 is 23.5 Å². The van der Waals surface area contributed by atoms with Gasteiger partial charge in [0.15, 0.2) is 0 Å². The zero-order chi connectivity index (χ0) is 15.3. The van der Waals surface area contributed by atoms with E-state index in [0.717, 1.165) is 5.56 Å². The standard InChI is InChI=1S/C15H19ClO4/c1-15(2,3)20-13(17)8-6-10-5-7-12(16)11(9-10)14(18)19-4/h5,7,9H,6,8H2,1-4H3. The highest BCUT2D eigenvalue weighted by molar-refractivity contribution is 6.33. The Bertz CT molecular complexity index is 503. The van der Waals surface area contributed by atoms with Crippen molar-refractivity contribution < 1.29 is 19.1 Å². The summed E-state index contributed by atoms with van der Waals surface area (Å²) in [6, 6.07) is 5.04. The van der Waals surface area contributed by atoms with Crippen molar-refractivity contribution in [1.82, 2.24) is 0 Å². The van der Waals surface area contributed by atoms with Crippen LogP contribution in [0.5, 0.6) is 0 Å². The molecule has 1 aromatic rings. The molecule has 4 nitrogen and oxygen atoms in total. The van der Waals surface area contributed by atoms with Gasteiger partial charge in [-0.25, -0.2) is 4.79 Å². The number of rotatable bonds is 4. The van der Waals surface area contributed by atoms with Crippen molar-refractivity contribution in [1.29, 1.82) is 0 Å². The summed E-state index contributed by atoms with van der Waals surface area (Å²) in [5, 5.41) is 0.331. The molecule has 0 spiro atoms. The average molecular weight is 299 g/mol. The third kappa shape index (κ3) is 5.21. The zero-order valence-corrected chi connectivity index (χ0v) is 12.9. The Labute approximate surface area is 124 Å². The van der Waals surface area contributed by atoms with Gasteiger partial charge in [0, 0.05) is 6.42 Å². The number of carbonyl (C=O) groups excluding carboxylic acids is 2. The van der Waals surface area contributed by atoms with E-state index in [1.807, 2.05) is 20.8 Å². The fourth-order valence-electron chi connectivity index (χ4n) is 1.63. The fraction of sp³-hybridized carbons (Fsp3) is 0.467.